The number of carboxylic acids is 1. The lowest BCUT2D eigenvalue weighted by atomic mass is 10.0. The third-order valence-corrected chi connectivity index (χ3v) is 4.04. The molecule has 0 bridgehead atoms. The van der Waals surface area contributed by atoms with Gasteiger partial charge in [0.05, 0.1) is 5.92 Å². The lowest BCUT2D eigenvalue weighted by Crippen LogP contribution is -2.30. The Labute approximate surface area is 129 Å². The molecule has 21 heavy (non-hydrogen) atoms. The molecule has 1 N–H and O–H groups in total. The van der Waals surface area contributed by atoms with E-state index in [1.165, 1.54) is 6.08 Å². The van der Waals surface area contributed by atoms with Gasteiger partial charge in [-0.2, -0.15) is 0 Å². The van der Waals surface area contributed by atoms with Gasteiger partial charge >= 0.3 is 5.97 Å². The summed E-state index contributed by atoms with van der Waals surface area (Å²) in [5.41, 5.74) is 0.797. The minimum atomic E-state index is -0.768. The molecule has 0 aromatic heterocycles. The number of amides is 1. The monoisotopic (exact) mass is 307 g/mol. The van der Waals surface area contributed by atoms with Crippen LogP contribution in [0.3, 0.4) is 0 Å². The van der Waals surface area contributed by atoms with Crippen molar-refractivity contribution in [2.75, 3.05) is 13.1 Å². The van der Waals surface area contributed by atoms with Crippen LogP contribution < -0.4 is 0 Å². The fourth-order valence-corrected chi connectivity index (χ4v) is 2.64. The zero-order valence-corrected chi connectivity index (χ0v) is 12.4. The first-order valence-corrected chi connectivity index (χ1v) is 7.40. The molecule has 1 aliphatic heterocycles. The van der Waals surface area contributed by atoms with Gasteiger partial charge in [-0.3, -0.25) is 9.59 Å². The predicted octanol–water partition coefficient (Wildman–Crippen LogP) is 3.07. The fourth-order valence-electron chi connectivity index (χ4n) is 2.44. The molecule has 112 valence electrons. The van der Waals surface area contributed by atoms with Crippen LogP contribution in [0, 0.1) is 5.92 Å². The van der Waals surface area contributed by atoms with E-state index in [4.69, 9.17) is 16.7 Å². The Hall–Kier alpha value is -1.81. The lowest BCUT2D eigenvalue weighted by Gasteiger charge is -2.18. The molecular formula is C16H18ClNO3. The van der Waals surface area contributed by atoms with Gasteiger partial charge < -0.3 is 10.0 Å². The maximum absolute atomic E-state index is 12.2. The van der Waals surface area contributed by atoms with Crippen molar-refractivity contribution in [2.24, 2.45) is 5.92 Å². The Bertz CT molecular complexity index is 556. The highest BCUT2D eigenvalue weighted by molar-refractivity contribution is 6.32. The van der Waals surface area contributed by atoms with Crippen molar-refractivity contribution in [3.8, 4) is 0 Å². The largest absolute Gasteiger partial charge is 0.481 e. The quantitative estimate of drug-likeness (QED) is 0.873. The third kappa shape index (κ3) is 4.33. The highest BCUT2D eigenvalue weighted by Crippen LogP contribution is 2.19. The van der Waals surface area contributed by atoms with Gasteiger partial charge in [0.15, 0.2) is 0 Å². The average molecular weight is 308 g/mol. The Morgan fingerprint density at radius 2 is 2.00 bits per heavy atom. The van der Waals surface area contributed by atoms with E-state index in [-0.39, 0.29) is 11.8 Å². The number of carbonyl (C=O) groups is 2. The van der Waals surface area contributed by atoms with E-state index < -0.39 is 5.97 Å². The molecule has 0 saturated carbocycles. The van der Waals surface area contributed by atoms with Gasteiger partial charge in [-0.15, -0.1) is 0 Å². The van der Waals surface area contributed by atoms with E-state index in [0.717, 1.165) is 12.0 Å². The van der Waals surface area contributed by atoms with Crippen LogP contribution in [-0.4, -0.2) is 35.0 Å². The van der Waals surface area contributed by atoms with Crippen LogP contribution in [0.15, 0.2) is 30.3 Å². The summed E-state index contributed by atoms with van der Waals surface area (Å²) in [5.74, 6) is -1.20. The number of aliphatic carboxylic acids is 1. The summed E-state index contributed by atoms with van der Waals surface area (Å²) in [6.07, 6.45) is 5.07. The molecular weight excluding hydrogens is 290 g/mol. The number of nitrogens with zero attached hydrogens (tertiary/aromatic N) is 1. The van der Waals surface area contributed by atoms with E-state index in [9.17, 15) is 9.59 Å². The number of rotatable bonds is 3. The Balaban J connectivity index is 1.97. The van der Waals surface area contributed by atoms with Crippen molar-refractivity contribution < 1.29 is 14.7 Å². The zero-order chi connectivity index (χ0) is 15.2. The second kappa shape index (κ2) is 7.27. The summed E-state index contributed by atoms with van der Waals surface area (Å²) in [6.45, 7) is 1.10. The summed E-state index contributed by atoms with van der Waals surface area (Å²) in [6, 6.07) is 7.31. The molecule has 0 spiro atoms. The van der Waals surface area contributed by atoms with Crippen molar-refractivity contribution in [2.45, 2.75) is 19.3 Å². The van der Waals surface area contributed by atoms with E-state index in [1.54, 1.807) is 17.0 Å². The maximum Gasteiger partial charge on any atom is 0.306 e. The third-order valence-electron chi connectivity index (χ3n) is 3.70. The van der Waals surface area contributed by atoms with Gasteiger partial charge in [-0.05, 0) is 37.0 Å². The zero-order valence-electron chi connectivity index (χ0n) is 11.7. The molecule has 1 aliphatic rings. The van der Waals surface area contributed by atoms with Crippen LogP contribution in [0.5, 0.6) is 0 Å². The van der Waals surface area contributed by atoms with Crippen molar-refractivity contribution in [3.63, 3.8) is 0 Å². The van der Waals surface area contributed by atoms with Crippen LogP contribution in [0.2, 0.25) is 5.02 Å². The number of carboxylic acid groups (broad SMARTS) is 1. The van der Waals surface area contributed by atoms with Gasteiger partial charge in [-0.1, -0.05) is 29.8 Å². The van der Waals surface area contributed by atoms with Gasteiger partial charge in [0, 0.05) is 24.2 Å². The molecule has 1 amide bonds. The SMILES string of the molecule is O=C(O)C1CCCN(C(=O)/C=C/c2ccccc2Cl)CC1. The standard InChI is InChI=1S/C16H18ClNO3/c17-14-6-2-1-4-12(14)7-8-15(19)18-10-3-5-13(9-11-18)16(20)21/h1-2,4,6-8,13H,3,5,9-11H2,(H,20,21)/b8-7+. The summed E-state index contributed by atoms with van der Waals surface area (Å²) in [4.78, 5) is 24.9. The first kappa shape index (κ1) is 15.6. The average Bonchev–Trinajstić information content (AvgIpc) is 2.72. The summed E-state index contributed by atoms with van der Waals surface area (Å²) in [7, 11) is 0. The summed E-state index contributed by atoms with van der Waals surface area (Å²) in [5, 5.41) is 9.64. The van der Waals surface area contributed by atoms with Gasteiger partial charge in [-0.25, -0.2) is 0 Å². The number of likely N-dealkylation sites (tertiary alicyclic amines) is 1. The summed E-state index contributed by atoms with van der Waals surface area (Å²) >= 11 is 6.03. The van der Waals surface area contributed by atoms with Crippen molar-refractivity contribution in [1.29, 1.82) is 0 Å². The molecule has 1 atom stereocenters. The Kier molecular flexibility index (Phi) is 5.39. The predicted molar refractivity (Wildman–Crippen MR) is 82.0 cm³/mol. The first-order chi connectivity index (χ1) is 10.1. The number of benzene rings is 1. The first-order valence-electron chi connectivity index (χ1n) is 7.02. The topological polar surface area (TPSA) is 57.6 Å². The van der Waals surface area contributed by atoms with Crippen LogP contribution >= 0.6 is 11.6 Å². The Morgan fingerprint density at radius 3 is 2.71 bits per heavy atom. The molecule has 1 fully saturated rings. The number of halogens is 1. The van der Waals surface area contributed by atoms with Crippen LogP contribution in [0.1, 0.15) is 24.8 Å². The Morgan fingerprint density at radius 1 is 1.24 bits per heavy atom. The minimum absolute atomic E-state index is 0.0963. The minimum Gasteiger partial charge on any atom is -0.481 e. The lowest BCUT2D eigenvalue weighted by molar-refractivity contribution is -0.142. The van der Waals surface area contributed by atoms with Gasteiger partial charge in [0.2, 0.25) is 5.91 Å². The molecule has 4 nitrogen and oxygen atoms in total. The van der Waals surface area contributed by atoms with Crippen molar-refractivity contribution in [3.05, 3.63) is 40.9 Å². The van der Waals surface area contributed by atoms with E-state index >= 15 is 0 Å². The van der Waals surface area contributed by atoms with E-state index in [0.29, 0.717) is 31.0 Å². The molecule has 1 aromatic rings. The second-order valence-corrected chi connectivity index (χ2v) is 5.55. The van der Waals surface area contributed by atoms with E-state index in [1.807, 2.05) is 18.2 Å². The van der Waals surface area contributed by atoms with E-state index in [2.05, 4.69) is 0 Å². The maximum atomic E-state index is 12.2. The molecule has 5 heteroatoms. The normalized spacial score (nSPS) is 19.5. The second-order valence-electron chi connectivity index (χ2n) is 5.15. The molecule has 0 radical (unpaired) electrons. The van der Waals surface area contributed by atoms with Gasteiger partial charge in [0.25, 0.3) is 0 Å². The highest BCUT2D eigenvalue weighted by atomic mass is 35.5. The molecule has 0 aliphatic carbocycles. The molecule has 1 saturated heterocycles. The van der Waals surface area contributed by atoms with Crippen molar-refractivity contribution >= 4 is 29.6 Å². The fraction of sp³-hybridized carbons (Fsp3) is 0.375. The number of hydrogen-bond donors (Lipinski definition) is 1. The van der Waals surface area contributed by atoms with Crippen LogP contribution in [0.25, 0.3) is 6.08 Å². The molecule has 1 aromatic carbocycles. The van der Waals surface area contributed by atoms with Crippen LogP contribution in [-0.2, 0) is 9.59 Å². The van der Waals surface area contributed by atoms with Crippen molar-refractivity contribution in [1.82, 2.24) is 4.90 Å². The number of hydrogen-bond acceptors (Lipinski definition) is 2. The smallest absolute Gasteiger partial charge is 0.306 e. The molecule has 2 rings (SSSR count). The number of carbonyl (C=O) groups excluding carboxylic acids is 1. The molecule has 1 unspecified atom stereocenters. The molecule has 1 heterocycles. The highest BCUT2D eigenvalue weighted by Gasteiger charge is 2.23. The van der Waals surface area contributed by atoms with Gasteiger partial charge in [0.1, 0.15) is 0 Å². The summed E-state index contributed by atoms with van der Waals surface area (Å²) < 4.78 is 0. The van der Waals surface area contributed by atoms with Crippen LogP contribution in [0.4, 0.5) is 0 Å².